The van der Waals surface area contributed by atoms with Crippen molar-refractivity contribution in [3.8, 4) is 72.4 Å². The Kier molecular flexibility index (Phi) is 11.0. The molecule has 1 aliphatic heterocycles. The number of fused-ring (bicyclic) bond motifs is 13. The van der Waals surface area contributed by atoms with Gasteiger partial charge >= 0.3 is 0 Å². The predicted octanol–water partition coefficient (Wildman–Crippen LogP) is 19.8. The van der Waals surface area contributed by atoms with Gasteiger partial charge in [0.1, 0.15) is 0 Å². The molecule has 2 unspecified atom stereocenters. The van der Waals surface area contributed by atoms with Crippen molar-refractivity contribution in [2.75, 3.05) is 4.90 Å². The maximum atomic E-state index is 14.9. The summed E-state index contributed by atoms with van der Waals surface area (Å²) in [5, 5.41) is 2.42. The molecule has 0 amide bonds. The van der Waals surface area contributed by atoms with Gasteiger partial charge in [0.2, 0.25) is 0 Å². The third-order valence-electron chi connectivity index (χ3n) is 17.6. The molecule has 81 heavy (non-hydrogen) atoms. The summed E-state index contributed by atoms with van der Waals surface area (Å²) in [4.78, 5) is 17.3. The fourth-order valence-electron chi connectivity index (χ4n) is 13.9. The Bertz CT molecular complexity index is 4650. The molecule has 0 N–H and O–H groups in total. The lowest BCUT2D eigenvalue weighted by atomic mass is 9.75. The molecule has 0 radical (unpaired) electrons. The number of hydrogen-bond acceptors (Lipinski definition) is 2. The van der Waals surface area contributed by atoms with Crippen molar-refractivity contribution in [2.45, 2.75) is 31.1 Å². The largest absolute Gasteiger partial charge is 0.309 e. The highest BCUT2D eigenvalue weighted by molar-refractivity contribution is 6.11. The van der Waals surface area contributed by atoms with Crippen LogP contribution in [-0.2, 0) is 12.8 Å². The molecular weight excluding hydrogens is 981 g/mol. The minimum absolute atomic E-state index is 0.136. The van der Waals surface area contributed by atoms with Crippen LogP contribution in [0.25, 0.3) is 94.3 Å². The maximum Gasteiger partial charge on any atom is 0.164 e. The van der Waals surface area contributed by atoms with Crippen molar-refractivity contribution in [1.29, 1.82) is 0 Å². The molecule has 0 saturated carbocycles. The third kappa shape index (κ3) is 7.71. The Balaban J connectivity index is 0.947. The van der Waals surface area contributed by atoms with E-state index in [0.29, 0.717) is 12.8 Å². The summed E-state index contributed by atoms with van der Waals surface area (Å²) in [7, 11) is 0. The SMILES string of the molecule is O=C1CC2Cc3ccccc3-c3cc(-c4ccc5c(c4)c4ccccc4n5-c4ccccc4)ccc3N(c3c#cccc3)c3ccc(-c4ccc5c(c4)-c4ccccc4CC5c4ccccc4)cc3-c3cccc(c32)-c2ccccc21. The first-order valence-electron chi connectivity index (χ1n) is 28.3. The molecule has 12 aromatic carbocycles. The fourth-order valence-corrected chi connectivity index (χ4v) is 13.9. The second-order valence-electron chi connectivity index (χ2n) is 22.0. The monoisotopic (exact) mass is 1030 g/mol. The first-order valence-corrected chi connectivity index (χ1v) is 28.3. The van der Waals surface area contributed by atoms with Gasteiger partial charge in [-0.15, -0.1) is 0 Å². The number of para-hydroxylation sites is 2. The molecule has 380 valence electrons. The average molecular weight is 1030 g/mol. The van der Waals surface area contributed by atoms with Crippen LogP contribution in [0.2, 0.25) is 0 Å². The summed E-state index contributed by atoms with van der Waals surface area (Å²) in [6, 6.07) is 104. The number of hydrogen-bond donors (Lipinski definition) is 0. The van der Waals surface area contributed by atoms with Crippen LogP contribution in [0.15, 0.2) is 267 Å². The number of benzene rings is 11. The lowest BCUT2D eigenvalue weighted by Crippen LogP contribution is -2.13. The van der Waals surface area contributed by atoms with E-state index in [9.17, 15) is 4.79 Å². The van der Waals surface area contributed by atoms with Crippen molar-refractivity contribution < 1.29 is 4.79 Å². The molecule has 0 bridgehead atoms. The minimum atomic E-state index is -0.136. The molecule has 3 aliphatic rings. The number of carbonyl (C=O) groups excluding carboxylic acids is 1. The first-order chi connectivity index (χ1) is 40.1. The highest BCUT2D eigenvalue weighted by Gasteiger charge is 2.34. The van der Waals surface area contributed by atoms with Gasteiger partial charge in [-0.25, -0.2) is 0 Å². The van der Waals surface area contributed by atoms with Crippen LogP contribution in [0.4, 0.5) is 17.1 Å². The van der Waals surface area contributed by atoms with Crippen molar-refractivity contribution in [3.63, 3.8) is 0 Å². The summed E-state index contributed by atoms with van der Waals surface area (Å²) in [5.41, 5.74) is 27.3. The number of aromatic nitrogens is 1. The summed E-state index contributed by atoms with van der Waals surface area (Å²) in [6.45, 7) is 0. The lowest BCUT2D eigenvalue weighted by Gasteiger charge is -2.30. The zero-order chi connectivity index (χ0) is 53.5. The van der Waals surface area contributed by atoms with E-state index in [1.54, 1.807) is 0 Å². The summed E-state index contributed by atoms with van der Waals surface area (Å²) in [5.74, 6) is 0.287. The predicted molar refractivity (Wildman–Crippen MR) is 333 cm³/mol. The van der Waals surface area contributed by atoms with Crippen LogP contribution in [0.5, 0.6) is 0 Å². The van der Waals surface area contributed by atoms with E-state index in [4.69, 9.17) is 0 Å². The highest BCUT2D eigenvalue weighted by atomic mass is 16.1. The normalized spacial score (nSPS) is 14.9. The molecule has 0 spiro atoms. The molecule has 16 rings (SSSR count). The zero-order valence-electron chi connectivity index (χ0n) is 44.5. The van der Waals surface area contributed by atoms with Gasteiger partial charge in [0.25, 0.3) is 0 Å². The van der Waals surface area contributed by atoms with Crippen molar-refractivity contribution >= 4 is 44.7 Å². The zero-order valence-corrected chi connectivity index (χ0v) is 44.5. The summed E-state index contributed by atoms with van der Waals surface area (Å²) < 4.78 is 2.38. The Hall–Kier alpha value is -10.3. The van der Waals surface area contributed by atoms with Crippen molar-refractivity contribution in [3.05, 3.63) is 312 Å². The molecule has 2 aliphatic carbocycles. The lowest BCUT2D eigenvalue weighted by molar-refractivity contribution is 0.0975. The molecule has 13 aromatic rings. The van der Waals surface area contributed by atoms with Gasteiger partial charge in [-0.05, 0) is 181 Å². The molecular formula is C78H52N2O. The second-order valence-corrected chi connectivity index (χ2v) is 22.0. The number of carbonyl (C=O) groups is 1. The van der Waals surface area contributed by atoms with Gasteiger partial charge in [0, 0.05) is 45.5 Å². The van der Waals surface area contributed by atoms with E-state index in [1.807, 2.05) is 18.2 Å². The van der Waals surface area contributed by atoms with E-state index < -0.39 is 0 Å². The Labute approximate surface area is 472 Å². The van der Waals surface area contributed by atoms with E-state index in [2.05, 4.69) is 270 Å². The Morgan fingerprint density at radius 1 is 0.383 bits per heavy atom. The molecule has 2 heterocycles. The number of ketones is 1. The smallest absolute Gasteiger partial charge is 0.164 e. The molecule has 3 heteroatoms. The van der Waals surface area contributed by atoms with E-state index >= 15 is 0 Å². The highest BCUT2D eigenvalue weighted by Crippen LogP contribution is 2.53. The maximum absolute atomic E-state index is 14.9. The molecule has 0 fully saturated rings. The number of nitrogens with zero attached hydrogens (tertiary/aromatic N) is 2. The van der Waals surface area contributed by atoms with E-state index in [-0.39, 0.29) is 17.6 Å². The fraction of sp³-hybridized carbons (Fsp3) is 0.0641. The molecule has 1 aromatic heterocycles. The minimum Gasteiger partial charge on any atom is -0.309 e. The summed E-state index contributed by atoms with van der Waals surface area (Å²) in [6.07, 6.45) is 2.01. The van der Waals surface area contributed by atoms with Crippen LogP contribution in [0.3, 0.4) is 0 Å². The van der Waals surface area contributed by atoms with Gasteiger partial charge in [-0.2, -0.15) is 0 Å². The second kappa shape index (κ2) is 19.0. The third-order valence-corrected chi connectivity index (χ3v) is 17.6. The summed E-state index contributed by atoms with van der Waals surface area (Å²) >= 11 is 0. The number of anilines is 3. The van der Waals surface area contributed by atoms with Crippen LogP contribution >= 0.6 is 0 Å². The van der Waals surface area contributed by atoms with Gasteiger partial charge in [-0.3, -0.25) is 4.79 Å². The first kappa shape index (κ1) is 46.8. The van der Waals surface area contributed by atoms with Gasteiger partial charge in [0.05, 0.1) is 28.1 Å². The quantitative estimate of drug-likeness (QED) is 0.172. The molecule has 2 atom stereocenters. The number of rotatable bonds is 5. The van der Waals surface area contributed by atoms with Crippen molar-refractivity contribution in [1.82, 2.24) is 4.57 Å². The van der Waals surface area contributed by atoms with E-state index in [1.165, 1.54) is 60.8 Å². The van der Waals surface area contributed by atoms with Crippen LogP contribution in [0, 0.1) is 12.1 Å². The Morgan fingerprint density at radius 3 is 1.68 bits per heavy atom. The number of Topliss-reactive ketones (excluding diaryl/α,β-unsaturated/α-hetero) is 1. The van der Waals surface area contributed by atoms with Crippen LogP contribution < -0.4 is 4.90 Å². The van der Waals surface area contributed by atoms with Crippen molar-refractivity contribution in [2.24, 2.45) is 0 Å². The Morgan fingerprint density at radius 2 is 0.938 bits per heavy atom. The average Bonchev–Trinajstić information content (AvgIpc) is 4.10. The van der Waals surface area contributed by atoms with Gasteiger partial charge in [-0.1, -0.05) is 200 Å². The standard InChI is InChI=1S/C78H52N2O/c81-77-49-57-43-55-21-10-13-28-61(55)70-45-52(53-37-41-75-71(46-53)64-30-16-17-34-73(64)79(75)58-23-6-2-7-24-58)36-40-74(70)80(59-25-8-3-9-26-59)76-42-38-54(47-72(76)67-33-18-32-66(78(57)67)62-29-14-15-31-65(62)77)51-35-39-63-68(50-19-4-1-5-20-50)48-56-22-11-12-27-60(56)69(63)44-51/h1-8,10-25,27-42,44-47,57,68H,43,48-49H2. The molecule has 3 nitrogen and oxygen atoms in total. The van der Waals surface area contributed by atoms with Gasteiger partial charge < -0.3 is 9.47 Å². The molecule has 0 saturated heterocycles. The van der Waals surface area contributed by atoms with Gasteiger partial charge in [0.15, 0.2) is 5.78 Å². The van der Waals surface area contributed by atoms with Crippen LogP contribution in [0.1, 0.15) is 56.4 Å². The van der Waals surface area contributed by atoms with E-state index in [0.717, 1.165) is 90.4 Å². The van der Waals surface area contributed by atoms with Crippen LogP contribution in [-0.4, -0.2) is 10.4 Å². The topological polar surface area (TPSA) is 25.2 Å².